The predicted octanol–water partition coefficient (Wildman–Crippen LogP) is -0.145. The Morgan fingerprint density at radius 3 is 2.75 bits per heavy atom. The van der Waals surface area contributed by atoms with Gasteiger partial charge >= 0.3 is 0 Å². The molecule has 1 saturated heterocycles. The number of aromatic nitrogens is 2. The number of sulfonamides is 1. The highest BCUT2D eigenvalue weighted by Crippen LogP contribution is 2.25. The van der Waals surface area contributed by atoms with Crippen molar-refractivity contribution in [1.29, 1.82) is 0 Å². The Morgan fingerprint density at radius 2 is 2.25 bits per heavy atom. The Bertz CT molecular complexity index is 550. The molecule has 7 nitrogen and oxygen atoms in total. The summed E-state index contributed by atoms with van der Waals surface area (Å²) in [6.45, 7) is 2.47. The van der Waals surface area contributed by atoms with Crippen molar-refractivity contribution in [3.63, 3.8) is 0 Å². The minimum Gasteiger partial charge on any atom is -0.381 e. The summed E-state index contributed by atoms with van der Waals surface area (Å²) in [6.07, 6.45) is 2.91. The maximum absolute atomic E-state index is 12.7. The van der Waals surface area contributed by atoms with Crippen LogP contribution in [0.1, 0.15) is 18.7 Å². The number of imidazole rings is 1. The molecule has 2 heterocycles. The molecular weight excluding hydrogens is 280 g/mol. The van der Waals surface area contributed by atoms with Gasteiger partial charge in [0.15, 0.2) is 5.03 Å². The van der Waals surface area contributed by atoms with Crippen LogP contribution in [0.25, 0.3) is 0 Å². The van der Waals surface area contributed by atoms with E-state index in [1.54, 1.807) is 31.8 Å². The fourth-order valence-electron chi connectivity index (χ4n) is 2.51. The van der Waals surface area contributed by atoms with Gasteiger partial charge in [-0.25, -0.2) is 13.4 Å². The quantitative estimate of drug-likeness (QED) is 0.835. The second-order valence-corrected chi connectivity index (χ2v) is 6.96. The minimum atomic E-state index is -3.59. The van der Waals surface area contributed by atoms with Crippen molar-refractivity contribution >= 4 is 10.0 Å². The van der Waals surface area contributed by atoms with Crippen LogP contribution in [0.2, 0.25) is 0 Å². The molecule has 0 saturated carbocycles. The molecular formula is C12H22N4O3S. The van der Waals surface area contributed by atoms with Gasteiger partial charge in [-0.3, -0.25) is 0 Å². The molecule has 0 bridgehead atoms. The molecule has 2 rings (SSSR count). The van der Waals surface area contributed by atoms with E-state index < -0.39 is 10.0 Å². The number of nitrogens with zero attached hydrogens (tertiary/aromatic N) is 3. The Balaban J connectivity index is 2.29. The standard InChI is InChI=1S/C12H22N4O3S/c1-9-14-12(8-15(9)2)20(17,18)16-5-4-11(19-3)6-10(16)7-13/h8,10-11H,4-7,13H2,1-3H3. The number of hydrogen-bond acceptors (Lipinski definition) is 5. The lowest BCUT2D eigenvalue weighted by atomic mass is 10.0. The first-order valence-electron chi connectivity index (χ1n) is 6.64. The van der Waals surface area contributed by atoms with Gasteiger partial charge in [-0.15, -0.1) is 0 Å². The van der Waals surface area contributed by atoms with Crippen molar-refractivity contribution in [2.75, 3.05) is 20.2 Å². The van der Waals surface area contributed by atoms with Gasteiger partial charge in [-0.1, -0.05) is 0 Å². The smallest absolute Gasteiger partial charge is 0.262 e. The lowest BCUT2D eigenvalue weighted by Crippen LogP contribution is -2.51. The summed E-state index contributed by atoms with van der Waals surface area (Å²) in [5.74, 6) is 0.666. The molecule has 0 radical (unpaired) electrons. The minimum absolute atomic E-state index is 0.0699. The molecule has 2 N–H and O–H groups in total. The van der Waals surface area contributed by atoms with Gasteiger partial charge in [0.05, 0.1) is 6.10 Å². The highest BCUT2D eigenvalue weighted by atomic mass is 32.2. The summed E-state index contributed by atoms with van der Waals surface area (Å²) in [7, 11) is -0.171. The molecule has 2 atom stereocenters. The summed E-state index contributed by atoms with van der Waals surface area (Å²) in [6, 6.07) is -0.235. The number of hydrogen-bond donors (Lipinski definition) is 1. The molecule has 0 amide bonds. The van der Waals surface area contributed by atoms with Crippen LogP contribution in [-0.4, -0.2) is 54.6 Å². The van der Waals surface area contributed by atoms with Gasteiger partial charge < -0.3 is 15.0 Å². The zero-order valence-electron chi connectivity index (χ0n) is 12.1. The summed E-state index contributed by atoms with van der Waals surface area (Å²) in [5.41, 5.74) is 5.73. The Kier molecular flexibility index (Phi) is 4.48. The first kappa shape index (κ1) is 15.4. The number of nitrogens with two attached hydrogens (primary N) is 1. The molecule has 1 aliphatic rings. The van der Waals surface area contributed by atoms with Gasteiger partial charge in [0.1, 0.15) is 5.82 Å². The third kappa shape index (κ3) is 2.73. The van der Waals surface area contributed by atoms with Crippen molar-refractivity contribution in [3.05, 3.63) is 12.0 Å². The van der Waals surface area contributed by atoms with Crippen molar-refractivity contribution in [1.82, 2.24) is 13.9 Å². The van der Waals surface area contributed by atoms with Crippen molar-refractivity contribution in [2.24, 2.45) is 12.8 Å². The van der Waals surface area contributed by atoms with Crippen LogP contribution in [0, 0.1) is 6.92 Å². The van der Waals surface area contributed by atoms with Gasteiger partial charge in [-0.05, 0) is 19.8 Å². The predicted molar refractivity (Wildman–Crippen MR) is 74.7 cm³/mol. The normalized spacial score (nSPS) is 25.0. The summed E-state index contributed by atoms with van der Waals surface area (Å²) in [5, 5.41) is 0.0896. The van der Waals surface area contributed by atoms with E-state index >= 15 is 0 Å². The Hall–Kier alpha value is -0.960. The van der Waals surface area contributed by atoms with Crippen LogP contribution in [0.5, 0.6) is 0 Å². The van der Waals surface area contributed by atoms with Gasteiger partial charge in [0, 0.05) is 39.5 Å². The van der Waals surface area contributed by atoms with Crippen LogP contribution in [0.4, 0.5) is 0 Å². The van der Waals surface area contributed by atoms with Crippen molar-refractivity contribution in [3.8, 4) is 0 Å². The number of aryl methyl sites for hydroxylation is 2. The average molecular weight is 302 g/mol. The molecule has 0 aliphatic carbocycles. The maximum Gasteiger partial charge on any atom is 0.262 e. The fraction of sp³-hybridized carbons (Fsp3) is 0.750. The second-order valence-electron chi connectivity index (χ2n) is 5.12. The van der Waals surface area contributed by atoms with E-state index in [0.29, 0.717) is 25.2 Å². The molecule has 1 aromatic rings. The van der Waals surface area contributed by atoms with Crippen LogP contribution in [-0.2, 0) is 21.8 Å². The van der Waals surface area contributed by atoms with Gasteiger partial charge in [0.25, 0.3) is 10.0 Å². The first-order valence-corrected chi connectivity index (χ1v) is 8.08. The lowest BCUT2D eigenvalue weighted by Gasteiger charge is -2.36. The molecule has 114 valence electrons. The molecule has 0 aromatic carbocycles. The van der Waals surface area contributed by atoms with Crippen molar-refractivity contribution in [2.45, 2.75) is 36.9 Å². The zero-order chi connectivity index (χ0) is 14.9. The largest absolute Gasteiger partial charge is 0.381 e. The van der Waals surface area contributed by atoms with E-state index in [4.69, 9.17) is 10.5 Å². The lowest BCUT2D eigenvalue weighted by molar-refractivity contribution is 0.0401. The summed E-state index contributed by atoms with van der Waals surface area (Å²) in [4.78, 5) is 4.13. The Labute approximate surface area is 119 Å². The third-order valence-electron chi connectivity index (χ3n) is 3.88. The monoisotopic (exact) mass is 302 g/mol. The average Bonchev–Trinajstić information content (AvgIpc) is 2.78. The van der Waals surface area contributed by atoms with E-state index in [-0.39, 0.29) is 23.7 Å². The maximum atomic E-state index is 12.7. The highest BCUT2D eigenvalue weighted by molar-refractivity contribution is 7.89. The molecule has 1 aromatic heterocycles. The topological polar surface area (TPSA) is 90.5 Å². The van der Waals surface area contributed by atoms with Crippen LogP contribution < -0.4 is 5.73 Å². The second kappa shape index (κ2) is 5.80. The molecule has 20 heavy (non-hydrogen) atoms. The van der Waals surface area contributed by atoms with Crippen LogP contribution in [0.3, 0.4) is 0 Å². The fourth-order valence-corrected chi connectivity index (χ4v) is 4.20. The summed E-state index contributed by atoms with van der Waals surface area (Å²) < 4.78 is 33.8. The molecule has 1 aliphatic heterocycles. The third-order valence-corrected chi connectivity index (χ3v) is 5.70. The van der Waals surface area contributed by atoms with E-state index in [0.717, 1.165) is 0 Å². The van der Waals surface area contributed by atoms with E-state index in [1.807, 2.05) is 0 Å². The molecule has 0 spiro atoms. The number of ether oxygens (including phenoxy) is 1. The number of piperidine rings is 1. The number of rotatable bonds is 4. The van der Waals surface area contributed by atoms with Crippen LogP contribution >= 0.6 is 0 Å². The molecule has 1 fully saturated rings. The first-order chi connectivity index (χ1) is 9.40. The Morgan fingerprint density at radius 1 is 1.55 bits per heavy atom. The van der Waals surface area contributed by atoms with E-state index in [1.165, 1.54) is 4.31 Å². The van der Waals surface area contributed by atoms with Gasteiger partial charge in [0.2, 0.25) is 0 Å². The van der Waals surface area contributed by atoms with Crippen LogP contribution in [0.15, 0.2) is 11.2 Å². The van der Waals surface area contributed by atoms with E-state index in [9.17, 15) is 8.42 Å². The van der Waals surface area contributed by atoms with Gasteiger partial charge in [-0.2, -0.15) is 4.31 Å². The zero-order valence-corrected chi connectivity index (χ0v) is 12.9. The summed E-state index contributed by atoms with van der Waals surface area (Å²) >= 11 is 0. The van der Waals surface area contributed by atoms with E-state index in [2.05, 4.69) is 4.98 Å². The molecule has 8 heteroatoms. The van der Waals surface area contributed by atoms with Crippen molar-refractivity contribution < 1.29 is 13.2 Å². The highest BCUT2D eigenvalue weighted by Gasteiger charge is 2.37. The molecule has 2 unspecified atom stereocenters. The number of methoxy groups -OCH3 is 1. The SMILES string of the molecule is COC1CCN(S(=O)(=O)c2cn(C)c(C)n2)C(CN)C1.